The summed E-state index contributed by atoms with van der Waals surface area (Å²) in [7, 11) is 0. The van der Waals surface area contributed by atoms with E-state index in [4.69, 9.17) is 0 Å². The highest BCUT2D eigenvalue weighted by atomic mass is 19.3. The van der Waals surface area contributed by atoms with Gasteiger partial charge in [0.2, 0.25) is 5.91 Å². The van der Waals surface area contributed by atoms with Gasteiger partial charge in [-0.2, -0.15) is 13.9 Å². The molecule has 19 heavy (non-hydrogen) atoms. The number of benzene rings is 1. The molecule has 0 unspecified atom stereocenters. The number of halogens is 2. The summed E-state index contributed by atoms with van der Waals surface area (Å²) < 4.78 is 28.9. The van der Waals surface area contributed by atoms with E-state index < -0.39 is 6.61 Å². The highest BCUT2D eigenvalue weighted by Gasteiger charge is 2.29. The number of alkyl halides is 2. The molecule has 4 nitrogen and oxygen atoms in total. The predicted octanol–water partition coefficient (Wildman–Crippen LogP) is 2.54. The number of para-hydroxylation sites is 1. The molecule has 1 fully saturated rings. The van der Waals surface area contributed by atoms with Crippen molar-refractivity contribution in [2.24, 2.45) is 11.0 Å². The lowest BCUT2D eigenvalue weighted by Crippen LogP contribution is -2.21. The number of nitrogens with zero attached hydrogens (tertiary/aromatic N) is 1. The van der Waals surface area contributed by atoms with Gasteiger partial charge >= 0.3 is 6.61 Å². The number of rotatable bonds is 5. The minimum Gasteiger partial charge on any atom is -0.434 e. The first-order valence-electron chi connectivity index (χ1n) is 5.96. The monoisotopic (exact) mass is 268 g/mol. The van der Waals surface area contributed by atoms with Gasteiger partial charge in [0, 0.05) is 11.5 Å². The molecule has 0 atom stereocenters. The van der Waals surface area contributed by atoms with Crippen LogP contribution >= 0.6 is 0 Å². The number of carbonyl (C=O) groups is 1. The van der Waals surface area contributed by atoms with E-state index >= 15 is 0 Å². The van der Waals surface area contributed by atoms with E-state index in [0.717, 1.165) is 12.8 Å². The Morgan fingerprint density at radius 2 is 2.11 bits per heavy atom. The maximum Gasteiger partial charge on any atom is 0.387 e. The summed E-state index contributed by atoms with van der Waals surface area (Å²) in [4.78, 5) is 11.4. The van der Waals surface area contributed by atoms with E-state index in [0.29, 0.717) is 11.3 Å². The van der Waals surface area contributed by atoms with Gasteiger partial charge in [-0.05, 0) is 31.9 Å². The van der Waals surface area contributed by atoms with Gasteiger partial charge in [0.25, 0.3) is 0 Å². The molecule has 1 N–H and O–H groups in total. The molecule has 1 aromatic carbocycles. The first kappa shape index (κ1) is 13.5. The Hall–Kier alpha value is -1.98. The van der Waals surface area contributed by atoms with Crippen molar-refractivity contribution in [3.8, 4) is 5.75 Å². The van der Waals surface area contributed by atoms with E-state index in [1.165, 1.54) is 6.07 Å². The number of carbonyl (C=O) groups excluding carboxylic acids is 1. The van der Waals surface area contributed by atoms with Crippen molar-refractivity contribution in [2.75, 3.05) is 0 Å². The van der Waals surface area contributed by atoms with E-state index in [2.05, 4.69) is 15.3 Å². The fraction of sp³-hybridized carbons (Fsp3) is 0.385. The number of ether oxygens (including phenoxy) is 1. The van der Waals surface area contributed by atoms with Crippen molar-refractivity contribution >= 4 is 11.6 Å². The quantitative estimate of drug-likeness (QED) is 0.659. The van der Waals surface area contributed by atoms with Crippen molar-refractivity contribution in [1.29, 1.82) is 0 Å². The van der Waals surface area contributed by atoms with Crippen molar-refractivity contribution < 1.29 is 18.3 Å². The molecule has 0 aliphatic heterocycles. The molecule has 0 aromatic heterocycles. The Kier molecular flexibility index (Phi) is 4.09. The van der Waals surface area contributed by atoms with Crippen molar-refractivity contribution in [1.82, 2.24) is 5.43 Å². The van der Waals surface area contributed by atoms with Gasteiger partial charge < -0.3 is 4.74 Å². The van der Waals surface area contributed by atoms with Gasteiger partial charge in [-0.25, -0.2) is 5.43 Å². The second-order valence-corrected chi connectivity index (χ2v) is 4.32. The summed E-state index contributed by atoms with van der Waals surface area (Å²) >= 11 is 0. The van der Waals surface area contributed by atoms with Gasteiger partial charge in [-0.3, -0.25) is 4.79 Å². The number of hydrogen-bond acceptors (Lipinski definition) is 3. The van der Waals surface area contributed by atoms with Crippen LogP contribution < -0.4 is 10.2 Å². The molecule has 0 radical (unpaired) electrons. The molecule has 0 heterocycles. The minimum absolute atomic E-state index is 0.0411. The summed E-state index contributed by atoms with van der Waals surface area (Å²) in [5.74, 6) is -0.0462. The maximum atomic E-state index is 12.3. The zero-order chi connectivity index (χ0) is 13.8. The molecule has 0 spiro atoms. The summed E-state index contributed by atoms with van der Waals surface area (Å²) in [6.07, 6.45) is 1.76. The second-order valence-electron chi connectivity index (χ2n) is 4.32. The molecule has 102 valence electrons. The lowest BCUT2D eigenvalue weighted by Gasteiger charge is -2.10. The Morgan fingerprint density at radius 1 is 1.42 bits per heavy atom. The lowest BCUT2D eigenvalue weighted by molar-refractivity contribution is -0.122. The molecular formula is C13H14F2N2O2. The Bertz CT molecular complexity index is 499. The number of hydrogen-bond donors (Lipinski definition) is 1. The fourth-order valence-corrected chi connectivity index (χ4v) is 1.60. The van der Waals surface area contributed by atoms with Crippen molar-refractivity contribution in [2.45, 2.75) is 26.4 Å². The molecule has 0 saturated heterocycles. The topological polar surface area (TPSA) is 50.7 Å². The third-order valence-corrected chi connectivity index (χ3v) is 2.77. The molecule has 1 aliphatic rings. The first-order chi connectivity index (χ1) is 9.08. The predicted molar refractivity (Wildman–Crippen MR) is 66.2 cm³/mol. The van der Waals surface area contributed by atoms with Crippen LogP contribution in [0.4, 0.5) is 8.78 Å². The van der Waals surface area contributed by atoms with Crippen LogP contribution in [-0.2, 0) is 4.79 Å². The van der Waals surface area contributed by atoms with Gasteiger partial charge in [0.1, 0.15) is 5.75 Å². The van der Waals surface area contributed by atoms with Crippen LogP contribution in [0, 0.1) is 5.92 Å². The molecule has 6 heteroatoms. The van der Waals surface area contributed by atoms with Crippen LogP contribution in [-0.4, -0.2) is 18.2 Å². The third-order valence-electron chi connectivity index (χ3n) is 2.77. The van der Waals surface area contributed by atoms with E-state index in [-0.39, 0.29) is 17.6 Å². The second kappa shape index (κ2) is 5.77. The van der Waals surface area contributed by atoms with E-state index in [9.17, 15) is 13.6 Å². The van der Waals surface area contributed by atoms with Gasteiger partial charge in [0.15, 0.2) is 0 Å². The molecule has 1 amide bonds. The van der Waals surface area contributed by atoms with E-state index in [1.54, 1.807) is 25.1 Å². The van der Waals surface area contributed by atoms with Crippen LogP contribution in [0.3, 0.4) is 0 Å². The third kappa shape index (κ3) is 3.74. The largest absolute Gasteiger partial charge is 0.434 e. The van der Waals surface area contributed by atoms with Gasteiger partial charge in [-0.1, -0.05) is 12.1 Å². The summed E-state index contributed by atoms with van der Waals surface area (Å²) in [5.41, 5.74) is 3.28. The van der Waals surface area contributed by atoms with Gasteiger partial charge in [0.05, 0.1) is 5.71 Å². The summed E-state index contributed by atoms with van der Waals surface area (Å²) in [6, 6.07) is 6.33. The standard InChI is InChI=1S/C13H14F2N2O2/c1-8(16-17-12(18)9-6-7-9)10-4-2-3-5-11(10)19-13(14)15/h2-5,9,13H,6-7H2,1H3,(H,17,18)/b16-8+. The molecule has 0 bridgehead atoms. The Labute approximate surface area is 109 Å². The highest BCUT2D eigenvalue weighted by molar-refractivity contribution is 6.01. The van der Waals surface area contributed by atoms with Crippen LogP contribution in [0.5, 0.6) is 5.75 Å². The smallest absolute Gasteiger partial charge is 0.387 e. The average molecular weight is 268 g/mol. The SMILES string of the molecule is C/C(=N\NC(=O)C1CC1)c1ccccc1OC(F)F. The Balaban J connectivity index is 2.10. The summed E-state index contributed by atoms with van der Waals surface area (Å²) in [5, 5.41) is 3.92. The number of amides is 1. The zero-order valence-electron chi connectivity index (χ0n) is 10.4. The molecule has 1 saturated carbocycles. The highest BCUT2D eigenvalue weighted by Crippen LogP contribution is 2.28. The normalized spacial score (nSPS) is 15.5. The van der Waals surface area contributed by atoms with Crippen molar-refractivity contribution in [3.63, 3.8) is 0 Å². The maximum absolute atomic E-state index is 12.3. The zero-order valence-corrected chi connectivity index (χ0v) is 10.4. The fourth-order valence-electron chi connectivity index (χ4n) is 1.60. The van der Waals surface area contributed by atoms with E-state index in [1.807, 2.05) is 0 Å². The van der Waals surface area contributed by atoms with Crippen LogP contribution in [0.1, 0.15) is 25.3 Å². The molecular weight excluding hydrogens is 254 g/mol. The Morgan fingerprint density at radius 3 is 2.74 bits per heavy atom. The van der Waals surface area contributed by atoms with Crippen LogP contribution in [0.15, 0.2) is 29.4 Å². The van der Waals surface area contributed by atoms with Gasteiger partial charge in [-0.15, -0.1) is 0 Å². The molecule has 2 rings (SSSR count). The number of hydrazone groups is 1. The minimum atomic E-state index is -2.89. The lowest BCUT2D eigenvalue weighted by atomic mass is 10.1. The molecule has 1 aromatic rings. The molecule has 1 aliphatic carbocycles. The van der Waals surface area contributed by atoms with Crippen molar-refractivity contribution in [3.05, 3.63) is 29.8 Å². The average Bonchev–Trinajstić information content (AvgIpc) is 3.19. The first-order valence-corrected chi connectivity index (χ1v) is 5.96. The number of nitrogens with one attached hydrogen (secondary N) is 1. The van der Waals surface area contributed by atoms with Crippen LogP contribution in [0.2, 0.25) is 0 Å². The van der Waals surface area contributed by atoms with Crippen LogP contribution in [0.25, 0.3) is 0 Å². The summed E-state index contributed by atoms with van der Waals surface area (Å²) in [6.45, 7) is -1.27.